The molecule has 31 heavy (non-hydrogen) atoms. The maximum Gasteiger partial charge on any atom is 0.243 e. The fraction of sp³-hybridized carbons (Fsp3) is 0.435. The Balaban J connectivity index is 1.73. The van der Waals surface area contributed by atoms with Crippen molar-refractivity contribution < 1.29 is 22.7 Å². The Morgan fingerprint density at radius 2 is 1.68 bits per heavy atom. The Morgan fingerprint density at radius 1 is 0.968 bits per heavy atom. The van der Waals surface area contributed by atoms with Crippen molar-refractivity contribution >= 4 is 15.9 Å². The van der Waals surface area contributed by atoms with E-state index in [1.807, 2.05) is 11.0 Å². The maximum atomic E-state index is 13.4. The van der Waals surface area contributed by atoms with Gasteiger partial charge in [-0.1, -0.05) is 18.2 Å². The molecule has 2 heterocycles. The van der Waals surface area contributed by atoms with E-state index in [9.17, 15) is 13.2 Å². The van der Waals surface area contributed by atoms with Crippen LogP contribution in [0.15, 0.2) is 53.4 Å². The van der Waals surface area contributed by atoms with Crippen LogP contribution in [0.25, 0.3) is 0 Å². The van der Waals surface area contributed by atoms with Gasteiger partial charge < -0.3 is 14.4 Å². The molecule has 1 amide bonds. The maximum absolute atomic E-state index is 13.4. The zero-order valence-electron chi connectivity index (χ0n) is 17.9. The molecule has 7 nitrogen and oxygen atoms in total. The first-order valence-corrected chi connectivity index (χ1v) is 12.0. The predicted molar refractivity (Wildman–Crippen MR) is 117 cm³/mol. The van der Waals surface area contributed by atoms with Crippen LogP contribution in [-0.2, 0) is 14.8 Å². The van der Waals surface area contributed by atoms with Crippen molar-refractivity contribution in [1.82, 2.24) is 9.21 Å². The van der Waals surface area contributed by atoms with E-state index in [1.54, 1.807) is 56.7 Å². The van der Waals surface area contributed by atoms with Crippen LogP contribution >= 0.6 is 0 Å². The highest BCUT2D eigenvalue weighted by molar-refractivity contribution is 7.89. The third-order valence-corrected chi connectivity index (χ3v) is 8.08. The zero-order chi connectivity index (χ0) is 22.0. The molecule has 0 N–H and O–H groups in total. The van der Waals surface area contributed by atoms with Crippen molar-refractivity contribution in [2.75, 3.05) is 40.4 Å². The molecule has 2 aliphatic heterocycles. The summed E-state index contributed by atoms with van der Waals surface area (Å²) in [4.78, 5) is 15.5. The summed E-state index contributed by atoms with van der Waals surface area (Å²) in [7, 11) is -0.552. The highest BCUT2D eigenvalue weighted by Gasteiger charge is 2.46. The summed E-state index contributed by atoms with van der Waals surface area (Å²) in [5, 5.41) is 0. The van der Waals surface area contributed by atoms with Crippen molar-refractivity contribution in [2.45, 2.75) is 23.7 Å². The molecule has 0 radical (unpaired) electrons. The summed E-state index contributed by atoms with van der Waals surface area (Å²) in [5.74, 6) is 0.490. The fourth-order valence-corrected chi connectivity index (χ4v) is 6.08. The molecule has 4 rings (SSSR count). The third-order valence-electron chi connectivity index (χ3n) is 6.24. The molecular formula is C23H28N2O5S. The molecule has 0 aliphatic carbocycles. The summed E-state index contributed by atoms with van der Waals surface area (Å²) < 4.78 is 39.0. The van der Waals surface area contributed by atoms with Gasteiger partial charge in [-0.05, 0) is 43.2 Å². The van der Waals surface area contributed by atoms with Crippen LogP contribution in [0.2, 0.25) is 0 Å². The predicted octanol–water partition coefficient (Wildman–Crippen LogP) is 2.73. The standard InChI is InChI=1S/C23H28N2O5S/c1-29-17-10-11-22(30-2)19(14-17)20-15-25(31(27,28)18-8-4-3-5-9-18)16-21(20)23(26)24-12-6-7-13-24/h3-5,8-11,14,20-21H,6-7,12-13,15-16H2,1-2H3/t20-,21+/m0/s1. The van der Waals surface area contributed by atoms with Crippen LogP contribution < -0.4 is 9.47 Å². The van der Waals surface area contributed by atoms with Crippen molar-refractivity contribution in [3.63, 3.8) is 0 Å². The molecule has 166 valence electrons. The van der Waals surface area contributed by atoms with Crippen LogP contribution in [0.5, 0.6) is 11.5 Å². The number of amides is 1. The minimum absolute atomic E-state index is 0.0122. The van der Waals surface area contributed by atoms with Gasteiger partial charge >= 0.3 is 0 Å². The van der Waals surface area contributed by atoms with Gasteiger partial charge in [-0.3, -0.25) is 4.79 Å². The average Bonchev–Trinajstić information content (AvgIpc) is 3.49. The number of rotatable bonds is 6. The van der Waals surface area contributed by atoms with Gasteiger partial charge in [0.2, 0.25) is 15.9 Å². The SMILES string of the molecule is COc1ccc(OC)c([C@@H]2CN(S(=O)(=O)c3ccccc3)C[C@H]2C(=O)N2CCCC2)c1. The Bertz CT molecular complexity index is 1040. The van der Waals surface area contributed by atoms with E-state index in [4.69, 9.17) is 9.47 Å². The van der Waals surface area contributed by atoms with Crippen molar-refractivity contribution in [1.29, 1.82) is 0 Å². The molecule has 2 aromatic rings. The largest absolute Gasteiger partial charge is 0.497 e. The number of likely N-dealkylation sites (tertiary alicyclic amines) is 1. The lowest BCUT2D eigenvalue weighted by Crippen LogP contribution is -2.37. The van der Waals surface area contributed by atoms with Crippen molar-refractivity contribution in [3.8, 4) is 11.5 Å². The van der Waals surface area contributed by atoms with E-state index < -0.39 is 15.9 Å². The van der Waals surface area contributed by atoms with Crippen molar-refractivity contribution in [2.24, 2.45) is 5.92 Å². The van der Waals surface area contributed by atoms with Gasteiger partial charge in [-0.2, -0.15) is 4.31 Å². The van der Waals surface area contributed by atoms with Gasteiger partial charge in [-0.25, -0.2) is 8.42 Å². The highest BCUT2D eigenvalue weighted by Crippen LogP contribution is 2.42. The second-order valence-corrected chi connectivity index (χ2v) is 9.93. The van der Waals surface area contributed by atoms with Gasteiger partial charge in [0.15, 0.2) is 0 Å². The average molecular weight is 445 g/mol. The van der Waals surface area contributed by atoms with Crippen LogP contribution in [0, 0.1) is 5.92 Å². The topological polar surface area (TPSA) is 76.1 Å². The Kier molecular flexibility index (Phi) is 6.20. The van der Waals surface area contributed by atoms with Crippen LogP contribution in [0.1, 0.15) is 24.3 Å². The second kappa shape index (κ2) is 8.88. The molecular weight excluding hydrogens is 416 g/mol. The van der Waals surface area contributed by atoms with Gasteiger partial charge in [0, 0.05) is 37.7 Å². The van der Waals surface area contributed by atoms with E-state index in [1.165, 1.54) is 4.31 Å². The van der Waals surface area contributed by atoms with Crippen molar-refractivity contribution in [3.05, 3.63) is 54.1 Å². The van der Waals surface area contributed by atoms with E-state index in [2.05, 4.69) is 0 Å². The molecule has 2 atom stereocenters. The summed E-state index contributed by atoms with van der Waals surface area (Å²) in [5.41, 5.74) is 0.796. The third kappa shape index (κ3) is 4.14. The molecule has 8 heteroatoms. The number of nitrogens with zero attached hydrogens (tertiary/aromatic N) is 2. The Labute approximate surface area is 183 Å². The number of sulfonamides is 1. The molecule has 0 aromatic heterocycles. The zero-order valence-corrected chi connectivity index (χ0v) is 18.7. The molecule has 0 unspecified atom stereocenters. The summed E-state index contributed by atoms with van der Waals surface area (Å²) in [6.45, 7) is 1.81. The first-order chi connectivity index (χ1) is 15.0. The number of ether oxygens (including phenoxy) is 2. The normalized spacial score (nSPS) is 21.9. The summed E-state index contributed by atoms with van der Waals surface area (Å²) in [6.07, 6.45) is 1.97. The number of benzene rings is 2. The van der Waals surface area contributed by atoms with E-state index in [-0.39, 0.29) is 29.8 Å². The molecule has 2 saturated heterocycles. The highest BCUT2D eigenvalue weighted by atomic mass is 32.2. The first kappa shape index (κ1) is 21.6. The van der Waals surface area contributed by atoms with Gasteiger partial charge in [0.1, 0.15) is 11.5 Å². The minimum atomic E-state index is -3.71. The Hall–Kier alpha value is -2.58. The summed E-state index contributed by atoms with van der Waals surface area (Å²) in [6, 6.07) is 13.8. The number of carbonyl (C=O) groups is 1. The molecule has 2 fully saturated rings. The van der Waals surface area contributed by atoms with Crippen LogP contribution in [0.3, 0.4) is 0 Å². The lowest BCUT2D eigenvalue weighted by molar-refractivity contribution is -0.134. The van der Waals surface area contributed by atoms with Gasteiger partial charge in [0.25, 0.3) is 0 Å². The molecule has 2 aliphatic rings. The quantitative estimate of drug-likeness (QED) is 0.685. The number of carbonyl (C=O) groups excluding carboxylic acids is 1. The van der Waals surface area contributed by atoms with E-state index in [0.29, 0.717) is 11.5 Å². The second-order valence-electron chi connectivity index (χ2n) is 7.99. The van der Waals surface area contributed by atoms with Crippen LogP contribution in [0.4, 0.5) is 0 Å². The molecule has 0 spiro atoms. The molecule has 0 bridgehead atoms. The van der Waals surface area contributed by atoms with E-state index in [0.717, 1.165) is 31.5 Å². The monoisotopic (exact) mass is 444 g/mol. The first-order valence-electron chi connectivity index (χ1n) is 10.5. The number of hydrogen-bond acceptors (Lipinski definition) is 5. The lowest BCUT2D eigenvalue weighted by atomic mass is 9.87. The lowest BCUT2D eigenvalue weighted by Gasteiger charge is -2.25. The van der Waals surface area contributed by atoms with Gasteiger partial charge in [-0.15, -0.1) is 0 Å². The molecule has 2 aromatic carbocycles. The summed E-state index contributed by atoms with van der Waals surface area (Å²) >= 11 is 0. The number of hydrogen-bond donors (Lipinski definition) is 0. The number of methoxy groups -OCH3 is 2. The van der Waals surface area contributed by atoms with E-state index >= 15 is 0 Å². The smallest absolute Gasteiger partial charge is 0.243 e. The van der Waals surface area contributed by atoms with Gasteiger partial charge in [0.05, 0.1) is 25.0 Å². The minimum Gasteiger partial charge on any atom is -0.497 e. The van der Waals surface area contributed by atoms with Crippen LogP contribution in [-0.4, -0.2) is 63.9 Å². The fourth-order valence-electron chi connectivity index (χ4n) is 4.57. The Morgan fingerprint density at radius 3 is 2.32 bits per heavy atom. The molecule has 0 saturated carbocycles.